The van der Waals surface area contributed by atoms with Crippen LogP contribution < -0.4 is 44.0 Å². The van der Waals surface area contributed by atoms with E-state index in [2.05, 4.69) is 33.8 Å². The van der Waals surface area contributed by atoms with Crippen molar-refractivity contribution in [3.05, 3.63) is 21.6 Å². The van der Waals surface area contributed by atoms with Gasteiger partial charge in [0, 0.05) is 0 Å². The van der Waals surface area contributed by atoms with Gasteiger partial charge in [0.25, 0.3) is 0 Å². The zero-order valence-electron chi connectivity index (χ0n) is 9.85. The van der Waals surface area contributed by atoms with Gasteiger partial charge in [0.1, 0.15) is 0 Å². The third-order valence-corrected chi connectivity index (χ3v) is 1.90. The van der Waals surface area contributed by atoms with Gasteiger partial charge >= 0.3 is 11.9 Å². The number of nitrogens with two attached hydrogens (primary N) is 6. The first kappa shape index (κ1) is 19.9. The highest BCUT2D eigenvalue weighted by molar-refractivity contribution is 6.55. The van der Waals surface area contributed by atoms with Crippen molar-refractivity contribution >= 4 is 46.7 Å². The number of guanidine groups is 2. The van der Waals surface area contributed by atoms with Crippen molar-refractivity contribution in [3.8, 4) is 0 Å². The number of carbonyl (C=O) groups is 2. The number of hydrogen-bond acceptors (Lipinski definition) is 4. The molecule has 12 N–H and O–H groups in total. The highest BCUT2D eigenvalue weighted by Crippen LogP contribution is 2.23. The first-order valence-electron chi connectivity index (χ1n) is 4.43. The number of ketones is 2. The second kappa shape index (κ2) is 8.61. The van der Waals surface area contributed by atoms with Crippen LogP contribution >= 0.6 is 23.2 Å². The van der Waals surface area contributed by atoms with Crippen LogP contribution in [0.4, 0.5) is 0 Å². The lowest BCUT2D eigenvalue weighted by Gasteiger charge is -2.23. The van der Waals surface area contributed by atoms with E-state index >= 15 is 0 Å². The number of halogens is 2. The van der Waals surface area contributed by atoms with Gasteiger partial charge in [-0.15, -0.1) is 0 Å². The Morgan fingerprint density at radius 3 is 1.10 bits per heavy atom. The Morgan fingerprint density at radius 2 is 0.950 bits per heavy atom. The maximum Gasteiger partial charge on any atom is 0.336 e. The average Bonchev–Trinajstić information content (AvgIpc) is 2.30. The van der Waals surface area contributed by atoms with E-state index in [0.717, 1.165) is 0 Å². The molecule has 1 aliphatic carbocycles. The molecule has 0 spiro atoms. The summed E-state index contributed by atoms with van der Waals surface area (Å²) >= 11 is 10.2. The average molecular weight is 327 g/mol. The van der Waals surface area contributed by atoms with Crippen molar-refractivity contribution in [2.24, 2.45) is 22.9 Å². The van der Waals surface area contributed by atoms with Gasteiger partial charge in [-0.05, 0) is 11.5 Å². The summed E-state index contributed by atoms with van der Waals surface area (Å²) in [6, 6.07) is 0. The SMILES string of the molecule is NC(N)=[NH2+].NC(N)=[NH2+].O=C1C([O-])=C(Cl)C(=O)C([O-])=C1Cl. The van der Waals surface area contributed by atoms with Gasteiger partial charge in [0.15, 0.2) is 11.6 Å². The molecule has 112 valence electrons. The van der Waals surface area contributed by atoms with Crippen molar-refractivity contribution in [2.75, 3.05) is 0 Å². The Labute approximate surface area is 122 Å². The zero-order chi connectivity index (χ0) is 16.6. The van der Waals surface area contributed by atoms with Gasteiger partial charge in [0.2, 0.25) is 0 Å². The molecule has 0 bridgehead atoms. The summed E-state index contributed by atoms with van der Waals surface area (Å²) in [5, 5.41) is 28.8. The van der Waals surface area contributed by atoms with E-state index in [-0.39, 0.29) is 11.9 Å². The molecule has 1 aliphatic rings. The molecule has 0 saturated heterocycles. The summed E-state index contributed by atoms with van der Waals surface area (Å²) in [7, 11) is 0. The second-order valence-corrected chi connectivity index (χ2v) is 3.70. The van der Waals surface area contributed by atoms with Crippen molar-refractivity contribution in [2.45, 2.75) is 0 Å². The topological polar surface area (TPSA) is 236 Å². The maximum atomic E-state index is 10.7. The normalized spacial score (nSPS) is 13.9. The largest absolute Gasteiger partial charge is 0.869 e. The molecule has 0 heterocycles. The van der Waals surface area contributed by atoms with E-state index in [0.29, 0.717) is 0 Å². The fraction of sp³-hybridized carbons (Fsp3) is 0. The van der Waals surface area contributed by atoms with Gasteiger partial charge in [-0.1, -0.05) is 23.2 Å². The van der Waals surface area contributed by atoms with Crippen LogP contribution in [0.1, 0.15) is 0 Å². The van der Waals surface area contributed by atoms with Gasteiger partial charge in [0.05, 0.1) is 10.1 Å². The summed E-state index contributed by atoms with van der Waals surface area (Å²) < 4.78 is 0. The highest BCUT2D eigenvalue weighted by Gasteiger charge is 2.22. The Kier molecular flexibility index (Phi) is 8.55. The zero-order valence-corrected chi connectivity index (χ0v) is 11.4. The number of hydrogen-bond donors (Lipinski definition) is 6. The first-order chi connectivity index (χ1) is 8.93. The van der Waals surface area contributed by atoms with E-state index in [1.165, 1.54) is 0 Å². The van der Waals surface area contributed by atoms with Gasteiger partial charge in [-0.25, -0.2) is 0 Å². The van der Waals surface area contributed by atoms with Crippen molar-refractivity contribution in [1.82, 2.24) is 0 Å². The smallest absolute Gasteiger partial charge is 0.336 e. The lowest BCUT2D eigenvalue weighted by atomic mass is 10.1. The Balaban J connectivity index is 0. The fourth-order valence-electron chi connectivity index (χ4n) is 0.605. The van der Waals surface area contributed by atoms with E-state index < -0.39 is 33.1 Å². The minimum atomic E-state index is -1.23. The molecule has 0 aromatic rings. The van der Waals surface area contributed by atoms with Crippen LogP contribution in [0, 0.1) is 0 Å². The molecule has 12 heteroatoms. The highest BCUT2D eigenvalue weighted by atomic mass is 35.5. The predicted molar refractivity (Wildman–Crippen MR) is 66.4 cm³/mol. The molecule has 0 aromatic carbocycles. The Hall–Kier alpha value is -2.46. The molecule has 0 fully saturated rings. The maximum absolute atomic E-state index is 10.7. The molecule has 10 nitrogen and oxygen atoms in total. The minimum Gasteiger partial charge on any atom is -0.869 e. The van der Waals surface area contributed by atoms with E-state index in [4.69, 9.17) is 23.2 Å². The van der Waals surface area contributed by atoms with Gasteiger partial charge in [-0.3, -0.25) is 43.3 Å². The first-order valence-corrected chi connectivity index (χ1v) is 5.18. The van der Waals surface area contributed by atoms with Crippen LogP contribution in [0.5, 0.6) is 0 Å². The summed E-state index contributed by atoms with van der Waals surface area (Å²) in [5.41, 5.74) is 18.3. The third-order valence-electron chi connectivity index (χ3n) is 1.21. The summed E-state index contributed by atoms with van der Waals surface area (Å²) in [4.78, 5) is 21.4. The molecule has 1 rings (SSSR count). The lowest BCUT2D eigenvalue weighted by Crippen LogP contribution is -2.51. The van der Waals surface area contributed by atoms with E-state index in [9.17, 15) is 19.8 Å². The molecular weight excluding hydrogens is 315 g/mol. The van der Waals surface area contributed by atoms with Gasteiger partial charge < -0.3 is 10.2 Å². The van der Waals surface area contributed by atoms with Crippen LogP contribution in [0.3, 0.4) is 0 Å². The van der Waals surface area contributed by atoms with Crippen molar-refractivity contribution in [3.63, 3.8) is 0 Å². The number of rotatable bonds is 0. The van der Waals surface area contributed by atoms with E-state index in [1.54, 1.807) is 0 Å². The number of allylic oxidation sites excluding steroid dienone is 2. The van der Waals surface area contributed by atoms with Crippen LogP contribution in [-0.4, -0.2) is 23.5 Å². The van der Waals surface area contributed by atoms with Crippen molar-refractivity contribution < 1.29 is 30.6 Å². The Morgan fingerprint density at radius 1 is 0.800 bits per heavy atom. The molecular formula is C8H12Cl2N6O4. The van der Waals surface area contributed by atoms with Crippen LogP contribution in [0.2, 0.25) is 0 Å². The molecule has 0 unspecified atom stereocenters. The van der Waals surface area contributed by atoms with Crippen LogP contribution in [0.25, 0.3) is 0 Å². The molecule has 20 heavy (non-hydrogen) atoms. The predicted octanol–water partition coefficient (Wildman–Crippen LogP) is -7.20. The lowest BCUT2D eigenvalue weighted by molar-refractivity contribution is -0.307. The summed E-state index contributed by atoms with van der Waals surface area (Å²) in [5.74, 6) is -5.09. The standard InChI is InChI=1S/C6H2Cl2O4.2CH5N3/c7-1-3(9)5(11)2(8)6(12)4(1)10;2*2-1(3)4/h9,12H;2*(H5,2,3,4). The summed E-state index contributed by atoms with van der Waals surface area (Å²) in [6.07, 6.45) is 0. The minimum absolute atomic E-state index is 0.0833. The fourth-order valence-corrected chi connectivity index (χ4v) is 0.948. The monoisotopic (exact) mass is 326 g/mol. The van der Waals surface area contributed by atoms with Gasteiger partial charge in [-0.2, -0.15) is 0 Å². The second-order valence-electron chi connectivity index (χ2n) is 2.94. The van der Waals surface area contributed by atoms with Crippen LogP contribution in [-0.2, 0) is 9.59 Å². The molecule has 0 amide bonds. The molecule has 0 saturated carbocycles. The number of Topliss-reactive ketones (excluding diaryl/α,β-unsaturated/α-hetero) is 2. The molecule has 0 aromatic heterocycles. The molecule has 0 radical (unpaired) electrons. The Bertz CT molecular complexity index is 431. The molecule has 0 atom stereocenters. The summed E-state index contributed by atoms with van der Waals surface area (Å²) in [6.45, 7) is 0. The van der Waals surface area contributed by atoms with E-state index in [1.807, 2.05) is 0 Å². The number of carbonyl (C=O) groups excluding carboxylic acids is 2. The third kappa shape index (κ3) is 7.08. The van der Waals surface area contributed by atoms with Crippen LogP contribution in [0.15, 0.2) is 21.6 Å². The van der Waals surface area contributed by atoms with Crippen molar-refractivity contribution in [1.29, 1.82) is 0 Å². The molecule has 0 aliphatic heterocycles. The quantitative estimate of drug-likeness (QED) is 0.141.